The molecule has 0 saturated carbocycles. The van der Waals surface area contributed by atoms with Crippen molar-refractivity contribution in [3.05, 3.63) is 83.9 Å². The average Bonchev–Trinajstić information content (AvgIpc) is 3.19. The van der Waals surface area contributed by atoms with Crippen LogP contribution in [0.15, 0.2) is 83.8 Å². The van der Waals surface area contributed by atoms with Gasteiger partial charge in [-0.3, -0.25) is 0 Å². The number of nitrogens with zero attached hydrogens (tertiary/aromatic N) is 2. The van der Waals surface area contributed by atoms with E-state index in [4.69, 9.17) is 21.8 Å². The Kier molecular flexibility index (Phi) is 5.34. The third-order valence-electron chi connectivity index (χ3n) is 4.73. The van der Waals surface area contributed by atoms with Crippen LogP contribution >= 0.6 is 11.6 Å². The number of benzene rings is 3. The minimum absolute atomic E-state index is 0.0495. The number of hydrogen-bond donors (Lipinski definition) is 2. The summed E-state index contributed by atoms with van der Waals surface area (Å²) in [5, 5.41) is 13.9. The quantitative estimate of drug-likeness (QED) is 0.478. The maximum Gasteiger partial charge on any atom is 0.238 e. The Morgan fingerprint density at radius 1 is 0.967 bits per heavy atom. The van der Waals surface area contributed by atoms with Crippen LogP contribution in [-0.4, -0.2) is 25.2 Å². The van der Waals surface area contributed by atoms with E-state index < -0.39 is 10.0 Å². The van der Waals surface area contributed by atoms with E-state index in [9.17, 15) is 8.42 Å². The molecule has 4 aromatic rings. The van der Waals surface area contributed by atoms with Crippen LogP contribution in [0.1, 0.15) is 0 Å². The number of halogens is 1. The molecule has 6 nitrogen and oxygen atoms in total. The molecule has 30 heavy (non-hydrogen) atoms. The van der Waals surface area contributed by atoms with Crippen LogP contribution in [0.5, 0.6) is 0 Å². The third kappa shape index (κ3) is 3.95. The van der Waals surface area contributed by atoms with Gasteiger partial charge in [-0.15, -0.1) is 0 Å². The van der Waals surface area contributed by atoms with E-state index in [-0.39, 0.29) is 4.90 Å². The molecule has 0 saturated heterocycles. The van der Waals surface area contributed by atoms with Gasteiger partial charge in [-0.05, 0) is 48.5 Å². The van der Waals surface area contributed by atoms with Crippen molar-refractivity contribution in [3.63, 3.8) is 0 Å². The third-order valence-corrected chi connectivity index (χ3v) is 5.91. The van der Waals surface area contributed by atoms with Gasteiger partial charge >= 0.3 is 0 Å². The highest BCUT2D eigenvalue weighted by molar-refractivity contribution is 7.89. The van der Waals surface area contributed by atoms with Crippen molar-refractivity contribution >= 4 is 27.3 Å². The highest BCUT2D eigenvalue weighted by Crippen LogP contribution is 2.33. The Bertz CT molecular complexity index is 1300. The minimum atomic E-state index is -3.77. The first-order chi connectivity index (χ1) is 14.4. The van der Waals surface area contributed by atoms with Gasteiger partial charge in [-0.25, -0.2) is 18.2 Å². The smallest absolute Gasteiger partial charge is 0.238 e. The Hall–Kier alpha value is -3.13. The van der Waals surface area contributed by atoms with Gasteiger partial charge in [0.1, 0.15) is 0 Å². The number of nitrogens with one attached hydrogen (secondary N) is 1. The summed E-state index contributed by atoms with van der Waals surface area (Å²) in [4.78, 5) is 0.0495. The fourth-order valence-corrected chi connectivity index (χ4v) is 3.87. The number of hydrogen-bond acceptors (Lipinski definition) is 4. The lowest BCUT2D eigenvalue weighted by Crippen LogP contribution is -2.12. The summed E-state index contributed by atoms with van der Waals surface area (Å²) >= 11 is 6.03. The van der Waals surface area contributed by atoms with Crippen molar-refractivity contribution in [2.24, 2.45) is 5.14 Å². The fraction of sp³-hybridized carbons (Fsp3) is 0.0455. The standard InChI is InChI=1S/C22H19ClN4O2S/c1-25-20-5-3-2-4-19(20)22-14-21(15-6-8-16(23)9-7-15)26-27(22)17-10-12-18(13-11-17)30(24,28)29/h2-14,25H,1H3,(H2,24,28,29). The number of rotatable bonds is 5. The van der Waals surface area contributed by atoms with Gasteiger partial charge < -0.3 is 5.32 Å². The van der Waals surface area contributed by atoms with Crippen molar-refractivity contribution in [1.82, 2.24) is 9.78 Å². The highest BCUT2D eigenvalue weighted by atomic mass is 35.5. The SMILES string of the molecule is CNc1ccccc1-c1cc(-c2ccc(Cl)cc2)nn1-c1ccc(S(N)(=O)=O)cc1. The number of primary sulfonamides is 1. The topological polar surface area (TPSA) is 90.0 Å². The molecule has 152 valence electrons. The molecule has 8 heteroatoms. The number of para-hydroxylation sites is 1. The van der Waals surface area contributed by atoms with E-state index in [0.29, 0.717) is 10.7 Å². The van der Waals surface area contributed by atoms with Gasteiger partial charge in [0.25, 0.3) is 0 Å². The maximum atomic E-state index is 11.6. The van der Waals surface area contributed by atoms with Crippen LogP contribution in [0.2, 0.25) is 5.02 Å². The molecule has 3 aromatic carbocycles. The van der Waals surface area contributed by atoms with E-state index in [1.54, 1.807) is 16.8 Å². The molecule has 1 aromatic heterocycles. The second-order valence-electron chi connectivity index (χ2n) is 6.67. The second kappa shape index (κ2) is 7.95. The molecule has 0 unspecified atom stereocenters. The zero-order valence-electron chi connectivity index (χ0n) is 16.1. The molecule has 3 N–H and O–H groups in total. The molecule has 0 atom stereocenters. The van der Waals surface area contributed by atoms with E-state index >= 15 is 0 Å². The van der Waals surface area contributed by atoms with Gasteiger partial charge in [0.15, 0.2) is 0 Å². The van der Waals surface area contributed by atoms with Crippen molar-refractivity contribution in [2.75, 3.05) is 12.4 Å². The lowest BCUT2D eigenvalue weighted by molar-refractivity contribution is 0.598. The van der Waals surface area contributed by atoms with Crippen LogP contribution in [0.3, 0.4) is 0 Å². The van der Waals surface area contributed by atoms with Crippen molar-refractivity contribution < 1.29 is 8.42 Å². The molecule has 4 rings (SSSR count). The molecule has 0 amide bonds. The molecule has 0 radical (unpaired) electrons. The van der Waals surface area contributed by atoms with Crippen LogP contribution in [0, 0.1) is 0 Å². The van der Waals surface area contributed by atoms with Crippen LogP contribution in [-0.2, 0) is 10.0 Å². The Morgan fingerprint density at radius 3 is 2.27 bits per heavy atom. The molecule has 0 aliphatic carbocycles. The summed E-state index contributed by atoms with van der Waals surface area (Å²) in [6, 6.07) is 23.7. The van der Waals surface area contributed by atoms with Crippen LogP contribution in [0.25, 0.3) is 28.2 Å². The molecular formula is C22H19ClN4O2S. The van der Waals surface area contributed by atoms with E-state index in [0.717, 1.165) is 28.2 Å². The molecule has 0 aliphatic heterocycles. The first-order valence-electron chi connectivity index (χ1n) is 9.13. The predicted molar refractivity (Wildman–Crippen MR) is 120 cm³/mol. The first-order valence-corrected chi connectivity index (χ1v) is 11.1. The van der Waals surface area contributed by atoms with E-state index in [1.807, 2.05) is 61.6 Å². The predicted octanol–water partition coefficient (Wildman–Crippen LogP) is 4.55. The summed E-state index contributed by atoms with van der Waals surface area (Å²) < 4.78 is 25.0. The number of anilines is 1. The maximum absolute atomic E-state index is 11.6. The lowest BCUT2D eigenvalue weighted by atomic mass is 10.1. The first kappa shape index (κ1) is 20.2. The monoisotopic (exact) mass is 438 g/mol. The summed E-state index contributed by atoms with van der Waals surface area (Å²) in [5.41, 5.74) is 5.16. The Balaban J connectivity index is 1.90. The zero-order chi connectivity index (χ0) is 21.3. The summed E-state index contributed by atoms with van der Waals surface area (Å²) in [5.74, 6) is 0. The van der Waals surface area contributed by atoms with Crippen LogP contribution in [0.4, 0.5) is 5.69 Å². The van der Waals surface area contributed by atoms with Gasteiger partial charge in [0.2, 0.25) is 10.0 Å². The Labute approximate surface area is 180 Å². The molecule has 0 spiro atoms. The number of sulfonamides is 1. The van der Waals surface area contributed by atoms with Crippen molar-refractivity contribution in [2.45, 2.75) is 4.90 Å². The lowest BCUT2D eigenvalue weighted by Gasteiger charge is -2.12. The van der Waals surface area contributed by atoms with Crippen molar-refractivity contribution in [1.29, 1.82) is 0 Å². The molecule has 0 fully saturated rings. The van der Waals surface area contributed by atoms with E-state index in [2.05, 4.69) is 5.32 Å². The fourth-order valence-electron chi connectivity index (χ4n) is 3.23. The summed E-state index contributed by atoms with van der Waals surface area (Å²) in [6.45, 7) is 0. The van der Waals surface area contributed by atoms with Gasteiger partial charge in [-0.1, -0.05) is 41.9 Å². The molecule has 0 bridgehead atoms. The molecule has 0 aliphatic rings. The average molecular weight is 439 g/mol. The Morgan fingerprint density at radius 2 is 1.63 bits per heavy atom. The van der Waals surface area contributed by atoms with Gasteiger partial charge in [0.05, 0.1) is 22.0 Å². The molecular weight excluding hydrogens is 420 g/mol. The largest absolute Gasteiger partial charge is 0.388 e. The van der Waals surface area contributed by atoms with Crippen LogP contribution < -0.4 is 10.5 Å². The second-order valence-corrected chi connectivity index (χ2v) is 8.67. The normalized spacial score (nSPS) is 11.4. The summed E-state index contributed by atoms with van der Waals surface area (Å²) in [6.07, 6.45) is 0. The minimum Gasteiger partial charge on any atom is -0.388 e. The zero-order valence-corrected chi connectivity index (χ0v) is 17.7. The van der Waals surface area contributed by atoms with Crippen molar-refractivity contribution in [3.8, 4) is 28.2 Å². The van der Waals surface area contributed by atoms with E-state index in [1.165, 1.54) is 12.1 Å². The molecule has 1 heterocycles. The highest BCUT2D eigenvalue weighted by Gasteiger charge is 2.16. The van der Waals surface area contributed by atoms with Gasteiger partial charge in [-0.2, -0.15) is 5.10 Å². The summed E-state index contributed by atoms with van der Waals surface area (Å²) in [7, 11) is -1.91. The number of aromatic nitrogens is 2. The van der Waals surface area contributed by atoms with Gasteiger partial charge in [0, 0.05) is 28.9 Å². The number of nitrogens with two attached hydrogens (primary N) is 1.